The van der Waals surface area contributed by atoms with Crippen LogP contribution in [0.5, 0.6) is 0 Å². The Hall–Kier alpha value is -0.120. The molecule has 0 saturated carbocycles. The van der Waals surface area contributed by atoms with Crippen molar-refractivity contribution in [2.45, 2.75) is 38.7 Å². The number of hydrogen-bond acceptors (Lipinski definition) is 3. The van der Waals surface area contributed by atoms with Crippen molar-refractivity contribution < 1.29 is 14.2 Å². The second-order valence-electron chi connectivity index (χ2n) is 3.42. The van der Waals surface area contributed by atoms with Gasteiger partial charge in [0.1, 0.15) is 0 Å². The molecule has 0 aliphatic carbocycles. The lowest BCUT2D eigenvalue weighted by Gasteiger charge is -2.13. The summed E-state index contributed by atoms with van der Waals surface area (Å²) in [6, 6.07) is 0. The normalized spacial score (nSPS) is 13.1. The van der Waals surface area contributed by atoms with Crippen molar-refractivity contribution in [1.29, 1.82) is 0 Å². The van der Waals surface area contributed by atoms with Crippen LogP contribution in [0.1, 0.15) is 32.6 Å². The highest BCUT2D eigenvalue weighted by atomic mass is 16.5. The molecule has 14 heavy (non-hydrogen) atoms. The highest BCUT2D eigenvalue weighted by Crippen LogP contribution is 2.00. The molecule has 0 amide bonds. The molecule has 0 heterocycles. The zero-order chi connectivity index (χ0) is 10.6. The molecule has 1 unspecified atom stereocenters. The molecule has 0 radical (unpaired) electrons. The summed E-state index contributed by atoms with van der Waals surface area (Å²) in [7, 11) is 3.40. The highest BCUT2D eigenvalue weighted by molar-refractivity contribution is 4.54. The van der Waals surface area contributed by atoms with E-state index in [4.69, 9.17) is 14.2 Å². The molecule has 3 heteroatoms. The molecule has 86 valence electrons. The van der Waals surface area contributed by atoms with E-state index in [1.165, 1.54) is 19.3 Å². The molecule has 0 rings (SSSR count). The van der Waals surface area contributed by atoms with Gasteiger partial charge < -0.3 is 14.2 Å². The van der Waals surface area contributed by atoms with Crippen LogP contribution < -0.4 is 0 Å². The van der Waals surface area contributed by atoms with Gasteiger partial charge in [-0.2, -0.15) is 0 Å². The molecule has 0 aromatic heterocycles. The molecule has 1 atom stereocenters. The average Bonchev–Trinajstić information content (AvgIpc) is 2.21. The first kappa shape index (κ1) is 13.9. The minimum atomic E-state index is 0.172. The van der Waals surface area contributed by atoms with Gasteiger partial charge >= 0.3 is 0 Å². The summed E-state index contributed by atoms with van der Waals surface area (Å²) in [6.07, 6.45) is 4.75. The van der Waals surface area contributed by atoms with Crippen molar-refractivity contribution in [2.75, 3.05) is 34.0 Å². The van der Waals surface area contributed by atoms with Crippen molar-refractivity contribution in [3.05, 3.63) is 0 Å². The van der Waals surface area contributed by atoms with Crippen molar-refractivity contribution in [2.24, 2.45) is 0 Å². The van der Waals surface area contributed by atoms with E-state index in [2.05, 4.69) is 6.92 Å². The molecule has 0 N–H and O–H groups in total. The fourth-order valence-corrected chi connectivity index (χ4v) is 1.23. The van der Waals surface area contributed by atoms with Crippen molar-refractivity contribution in [1.82, 2.24) is 0 Å². The molecular formula is C11H24O3. The Kier molecular flexibility index (Phi) is 10.9. The van der Waals surface area contributed by atoms with E-state index in [9.17, 15) is 0 Å². The predicted molar refractivity (Wildman–Crippen MR) is 57.6 cm³/mol. The summed E-state index contributed by atoms with van der Waals surface area (Å²) in [4.78, 5) is 0. The van der Waals surface area contributed by atoms with Crippen molar-refractivity contribution in [3.63, 3.8) is 0 Å². The van der Waals surface area contributed by atoms with Crippen LogP contribution in [0.2, 0.25) is 0 Å². The summed E-state index contributed by atoms with van der Waals surface area (Å²) in [5.41, 5.74) is 0. The molecule has 0 saturated heterocycles. The Morgan fingerprint density at radius 2 is 1.86 bits per heavy atom. The molecule has 0 aromatic rings. The quantitative estimate of drug-likeness (QED) is 0.511. The summed E-state index contributed by atoms with van der Waals surface area (Å²) in [5.74, 6) is 0. The molecular weight excluding hydrogens is 180 g/mol. The topological polar surface area (TPSA) is 27.7 Å². The highest BCUT2D eigenvalue weighted by Gasteiger charge is 2.05. The maximum Gasteiger partial charge on any atom is 0.0826 e. The van der Waals surface area contributed by atoms with Crippen LogP contribution in [0.15, 0.2) is 0 Å². The standard InChI is InChI=1S/C11H24O3/c1-4-5-6-8-14-9-7-11(13-3)10-12-2/h11H,4-10H2,1-3H3. The van der Waals surface area contributed by atoms with Crippen LogP contribution in [0, 0.1) is 0 Å². The van der Waals surface area contributed by atoms with E-state index in [1.807, 2.05) is 0 Å². The number of rotatable bonds is 10. The van der Waals surface area contributed by atoms with Crippen LogP contribution in [0.3, 0.4) is 0 Å². The first-order valence-electron chi connectivity index (χ1n) is 5.44. The molecule has 0 aliphatic heterocycles. The third-order valence-corrected chi connectivity index (χ3v) is 2.16. The Balaban J connectivity index is 3.15. The average molecular weight is 204 g/mol. The van der Waals surface area contributed by atoms with E-state index >= 15 is 0 Å². The van der Waals surface area contributed by atoms with Gasteiger partial charge in [-0.05, 0) is 12.8 Å². The van der Waals surface area contributed by atoms with E-state index in [0.717, 1.165) is 19.6 Å². The maximum atomic E-state index is 5.48. The Labute approximate surface area is 87.7 Å². The van der Waals surface area contributed by atoms with Gasteiger partial charge in [0, 0.05) is 27.4 Å². The summed E-state index contributed by atoms with van der Waals surface area (Å²) in [6.45, 7) is 4.48. The largest absolute Gasteiger partial charge is 0.382 e. The van der Waals surface area contributed by atoms with E-state index < -0.39 is 0 Å². The van der Waals surface area contributed by atoms with Gasteiger partial charge in [-0.25, -0.2) is 0 Å². The summed E-state index contributed by atoms with van der Waals surface area (Å²) < 4.78 is 15.7. The monoisotopic (exact) mass is 204 g/mol. The molecule has 0 spiro atoms. The molecule has 3 nitrogen and oxygen atoms in total. The van der Waals surface area contributed by atoms with Crippen LogP contribution >= 0.6 is 0 Å². The summed E-state index contributed by atoms with van der Waals surface area (Å²) in [5, 5.41) is 0. The number of ether oxygens (including phenoxy) is 3. The fourth-order valence-electron chi connectivity index (χ4n) is 1.23. The maximum absolute atomic E-state index is 5.48. The third kappa shape index (κ3) is 8.48. The first-order valence-corrected chi connectivity index (χ1v) is 5.44. The Bertz CT molecular complexity index is 107. The number of hydrogen-bond donors (Lipinski definition) is 0. The minimum Gasteiger partial charge on any atom is -0.382 e. The minimum absolute atomic E-state index is 0.172. The lowest BCUT2D eigenvalue weighted by molar-refractivity contribution is 0.00305. The predicted octanol–water partition coefficient (Wildman–Crippen LogP) is 2.24. The van der Waals surface area contributed by atoms with Crippen LogP contribution in [-0.2, 0) is 14.2 Å². The Morgan fingerprint density at radius 1 is 1.07 bits per heavy atom. The van der Waals surface area contributed by atoms with Crippen molar-refractivity contribution in [3.8, 4) is 0 Å². The van der Waals surface area contributed by atoms with E-state index in [-0.39, 0.29) is 6.10 Å². The van der Waals surface area contributed by atoms with Crippen LogP contribution in [0.25, 0.3) is 0 Å². The SMILES string of the molecule is CCCCCOCCC(COC)OC. The first-order chi connectivity index (χ1) is 6.85. The van der Waals surface area contributed by atoms with Gasteiger partial charge in [-0.1, -0.05) is 19.8 Å². The van der Waals surface area contributed by atoms with Crippen LogP contribution in [-0.4, -0.2) is 40.1 Å². The molecule has 0 aromatic carbocycles. The molecule has 0 bridgehead atoms. The zero-order valence-electron chi connectivity index (χ0n) is 9.75. The van der Waals surface area contributed by atoms with Gasteiger partial charge in [-0.15, -0.1) is 0 Å². The van der Waals surface area contributed by atoms with Crippen LogP contribution in [0.4, 0.5) is 0 Å². The Morgan fingerprint density at radius 3 is 2.43 bits per heavy atom. The van der Waals surface area contributed by atoms with Gasteiger partial charge in [0.15, 0.2) is 0 Å². The smallest absolute Gasteiger partial charge is 0.0826 e. The number of unbranched alkanes of at least 4 members (excludes halogenated alkanes) is 2. The zero-order valence-corrected chi connectivity index (χ0v) is 9.75. The van der Waals surface area contributed by atoms with Gasteiger partial charge in [0.05, 0.1) is 12.7 Å². The lowest BCUT2D eigenvalue weighted by Crippen LogP contribution is -2.19. The van der Waals surface area contributed by atoms with E-state index in [1.54, 1.807) is 14.2 Å². The number of methoxy groups -OCH3 is 2. The van der Waals surface area contributed by atoms with Gasteiger partial charge in [-0.3, -0.25) is 0 Å². The third-order valence-electron chi connectivity index (χ3n) is 2.16. The van der Waals surface area contributed by atoms with Gasteiger partial charge in [0.2, 0.25) is 0 Å². The fraction of sp³-hybridized carbons (Fsp3) is 1.00. The molecule has 0 fully saturated rings. The molecule has 0 aliphatic rings. The van der Waals surface area contributed by atoms with E-state index in [0.29, 0.717) is 6.61 Å². The second kappa shape index (κ2) is 11.0. The lowest BCUT2D eigenvalue weighted by atomic mass is 10.2. The second-order valence-corrected chi connectivity index (χ2v) is 3.42. The summed E-state index contributed by atoms with van der Waals surface area (Å²) >= 11 is 0. The van der Waals surface area contributed by atoms with Gasteiger partial charge in [0.25, 0.3) is 0 Å². The van der Waals surface area contributed by atoms with Crippen molar-refractivity contribution >= 4 is 0 Å².